The van der Waals surface area contributed by atoms with Gasteiger partial charge in [0.25, 0.3) is 0 Å². The van der Waals surface area contributed by atoms with Gasteiger partial charge >= 0.3 is 0 Å². The zero-order valence-electron chi connectivity index (χ0n) is 21.3. The third-order valence-corrected chi connectivity index (χ3v) is 6.36. The Morgan fingerprint density at radius 3 is 2.62 bits per heavy atom. The number of benzene rings is 2. The molecule has 2 aromatic rings. The van der Waals surface area contributed by atoms with Crippen LogP contribution in [0.1, 0.15) is 5.56 Å². The number of nitrogens with zero attached hydrogens (tertiary/aromatic N) is 4. The highest BCUT2D eigenvalue weighted by molar-refractivity contribution is 6.34. The summed E-state index contributed by atoms with van der Waals surface area (Å²) in [5.74, 6) is -0.253. The lowest BCUT2D eigenvalue weighted by Crippen LogP contribution is -2.47. The maximum absolute atomic E-state index is 11.8. The standard InChI is InChI=1S/C30H33N5O2/c1-4-29(36)32-26-9-5-7-23(21-26)28-10-6-8-24(22-31-2)30(28)33-25-11-13-27(14-12-25)35-17-15-34(16-18-35)19-20-37-3/h4-14,21-22H,1-2,15-20H2,3H3,(H,32,36)/b24-22-,33-30+. The Morgan fingerprint density at radius 1 is 1.14 bits per heavy atom. The molecule has 0 radical (unpaired) electrons. The van der Waals surface area contributed by atoms with Gasteiger partial charge in [0.1, 0.15) is 0 Å². The van der Waals surface area contributed by atoms with Crippen molar-refractivity contribution in [2.24, 2.45) is 9.98 Å². The fourth-order valence-corrected chi connectivity index (χ4v) is 4.40. The van der Waals surface area contributed by atoms with E-state index < -0.39 is 0 Å². The van der Waals surface area contributed by atoms with Crippen LogP contribution in [0.15, 0.2) is 101 Å². The molecule has 7 nitrogen and oxygen atoms in total. The molecule has 7 heteroatoms. The molecule has 0 unspecified atom stereocenters. The largest absolute Gasteiger partial charge is 0.383 e. The van der Waals surface area contributed by atoms with Crippen LogP contribution >= 0.6 is 0 Å². The maximum atomic E-state index is 11.8. The van der Waals surface area contributed by atoms with E-state index in [4.69, 9.17) is 9.73 Å². The van der Waals surface area contributed by atoms with E-state index >= 15 is 0 Å². The molecule has 2 aromatic carbocycles. The lowest BCUT2D eigenvalue weighted by atomic mass is 9.91. The number of anilines is 2. The molecule has 190 valence electrons. The number of carbonyl (C=O) groups is 1. The van der Waals surface area contributed by atoms with Crippen molar-refractivity contribution in [1.82, 2.24) is 4.90 Å². The van der Waals surface area contributed by atoms with E-state index in [0.29, 0.717) is 5.69 Å². The number of allylic oxidation sites excluding steroid dienone is 5. The Labute approximate surface area is 218 Å². The molecule has 0 aromatic heterocycles. The Morgan fingerprint density at radius 2 is 1.92 bits per heavy atom. The first-order chi connectivity index (χ1) is 18.1. The van der Waals surface area contributed by atoms with Crippen LogP contribution in [0.4, 0.5) is 17.1 Å². The van der Waals surface area contributed by atoms with Crippen molar-refractivity contribution in [3.8, 4) is 0 Å². The second-order valence-corrected chi connectivity index (χ2v) is 8.78. The average Bonchev–Trinajstić information content (AvgIpc) is 2.94. The molecule has 4 rings (SSSR count). The number of methoxy groups -OCH3 is 1. The molecule has 1 aliphatic carbocycles. The molecule has 0 bridgehead atoms. The lowest BCUT2D eigenvalue weighted by molar-refractivity contribution is -0.111. The van der Waals surface area contributed by atoms with Crippen molar-refractivity contribution in [1.29, 1.82) is 0 Å². The van der Waals surface area contributed by atoms with Crippen LogP contribution in [0.2, 0.25) is 0 Å². The minimum Gasteiger partial charge on any atom is -0.383 e. The van der Waals surface area contributed by atoms with Gasteiger partial charge in [-0.05, 0) is 54.8 Å². The number of hydrogen-bond donors (Lipinski definition) is 1. The van der Waals surface area contributed by atoms with Gasteiger partial charge in [-0.3, -0.25) is 14.7 Å². The molecule has 2 aliphatic rings. The quantitative estimate of drug-likeness (QED) is 0.397. The molecule has 1 heterocycles. The fourth-order valence-electron chi connectivity index (χ4n) is 4.40. The third-order valence-electron chi connectivity index (χ3n) is 6.36. The van der Waals surface area contributed by atoms with Crippen LogP contribution in [0.25, 0.3) is 5.57 Å². The number of nitrogens with one attached hydrogen (secondary N) is 1. The molecule has 1 amide bonds. The minimum absolute atomic E-state index is 0.253. The molecule has 37 heavy (non-hydrogen) atoms. The van der Waals surface area contributed by atoms with Gasteiger partial charge in [-0.1, -0.05) is 36.9 Å². The average molecular weight is 496 g/mol. The summed E-state index contributed by atoms with van der Waals surface area (Å²) in [7, 11) is 1.75. The molecule has 0 saturated carbocycles. The predicted molar refractivity (Wildman–Crippen MR) is 154 cm³/mol. The van der Waals surface area contributed by atoms with Crippen molar-refractivity contribution in [2.75, 3.05) is 56.7 Å². The summed E-state index contributed by atoms with van der Waals surface area (Å²) < 4.78 is 5.21. The Bertz CT molecular complexity index is 1250. The fraction of sp³-hybridized carbons (Fsp3) is 0.233. The molecule has 1 N–H and O–H groups in total. The molecule has 0 spiro atoms. The van der Waals surface area contributed by atoms with Gasteiger partial charge in [0.05, 0.1) is 18.0 Å². The van der Waals surface area contributed by atoms with Gasteiger partial charge in [-0.15, -0.1) is 0 Å². The lowest BCUT2D eigenvalue weighted by Gasteiger charge is -2.36. The molecule has 1 aliphatic heterocycles. The van der Waals surface area contributed by atoms with Crippen LogP contribution in [0, 0.1) is 0 Å². The number of aliphatic imine (C=N–C) groups is 2. The van der Waals surface area contributed by atoms with E-state index in [-0.39, 0.29) is 5.91 Å². The van der Waals surface area contributed by atoms with E-state index in [1.54, 1.807) is 13.3 Å². The van der Waals surface area contributed by atoms with E-state index in [2.05, 4.69) is 57.7 Å². The second-order valence-electron chi connectivity index (χ2n) is 8.78. The molecule has 1 saturated heterocycles. The maximum Gasteiger partial charge on any atom is 0.247 e. The molecular formula is C30H33N5O2. The topological polar surface area (TPSA) is 69.5 Å². The summed E-state index contributed by atoms with van der Waals surface area (Å²) in [6.45, 7) is 12.9. The van der Waals surface area contributed by atoms with Crippen LogP contribution in [0.5, 0.6) is 0 Å². The van der Waals surface area contributed by atoms with E-state index in [1.807, 2.05) is 42.5 Å². The number of piperazine rings is 1. The first-order valence-electron chi connectivity index (χ1n) is 12.3. The highest BCUT2D eigenvalue weighted by Crippen LogP contribution is 2.30. The van der Waals surface area contributed by atoms with Crippen molar-refractivity contribution in [2.45, 2.75) is 0 Å². The van der Waals surface area contributed by atoms with Gasteiger partial charge < -0.3 is 15.0 Å². The second kappa shape index (κ2) is 12.8. The van der Waals surface area contributed by atoms with Gasteiger partial charge in [-0.2, -0.15) is 0 Å². The molecular weight excluding hydrogens is 462 g/mol. The number of carbonyl (C=O) groups excluding carboxylic acids is 1. The van der Waals surface area contributed by atoms with Gasteiger partial charge in [-0.25, -0.2) is 4.99 Å². The number of amides is 1. The van der Waals surface area contributed by atoms with Crippen LogP contribution in [-0.2, 0) is 9.53 Å². The van der Waals surface area contributed by atoms with Crippen LogP contribution < -0.4 is 10.2 Å². The third kappa shape index (κ3) is 6.78. The van der Waals surface area contributed by atoms with Gasteiger partial charge in [0, 0.05) is 68.6 Å². The Kier molecular flexibility index (Phi) is 8.97. The van der Waals surface area contributed by atoms with Crippen molar-refractivity contribution in [3.63, 3.8) is 0 Å². The highest BCUT2D eigenvalue weighted by Gasteiger charge is 2.18. The van der Waals surface area contributed by atoms with Crippen molar-refractivity contribution < 1.29 is 9.53 Å². The number of hydrogen-bond acceptors (Lipinski definition) is 6. The summed E-state index contributed by atoms with van der Waals surface area (Å²) in [5.41, 5.74) is 6.27. The van der Waals surface area contributed by atoms with Crippen molar-refractivity contribution >= 4 is 41.0 Å². The zero-order valence-corrected chi connectivity index (χ0v) is 21.3. The minimum atomic E-state index is -0.253. The number of rotatable bonds is 9. The highest BCUT2D eigenvalue weighted by atomic mass is 16.5. The summed E-state index contributed by atoms with van der Waals surface area (Å²) >= 11 is 0. The van der Waals surface area contributed by atoms with E-state index in [0.717, 1.165) is 67.4 Å². The van der Waals surface area contributed by atoms with Gasteiger partial charge in [0.2, 0.25) is 5.91 Å². The molecule has 1 fully saturated rings. The van der Waals surface area contributed by atoms with E-state index in [9.17, 15) is 4.79 Å². The van der Waals surface area contributed by atoms with Crippen molar-refractivity contribution in [3.05, 3.63) is 96.8 Å². The monoisotopic (exact) mass is 495 g/mol. The normalized spacial score (nSPS) is 18.1. The van der Waals surface area contributed by atoms with E-state index in [1.165, 1.54) is 11.8 Å². The smallest absolute Gasteiger partial charge is 0.247 e. The Hall–Kier alpha value is -4.07. The van der Waals surface area contributed by atoms with Gasteiger partial charge in [0.15, 0.2) is 0 Å². The first-order valence-corrected chi connectivity index (χ1v) is 12.3. The first kappa shape index (κ1) is 26.0. The summed E-state index contributed by atoms with van der Waals surface area (Å²) in [4.78, 5) is 25.6. The predicted octanol–water partition coefficient (Wildman–Crippen LogP) is 4.89. The summed E-state index contributed by atoms with van der Waals surface area (Å²) in [6, 6.07) is 16.0. The zero-order chi connectivity index (χ0) is 26.0. The SMILES string of the molecule is C=CC(=O)Nc1cccc(C2=CC=CC(=C/N=C)/C2=N\c2ccc(N3CCN(CCOC)CC3)cc2)c1. The summed E-state index contributed by atoms with van der Waals surface area (Å²) in [5, 5.41) is 2.82. The molecule has 0 atom stereocenters. The van der Waals surface area contributed by atoms with Crippen LogP contribution in [0.3, 0.4) is 0 Å². The Balaban J connectivity index is 1.56. The summed E-state index contributed by atoms with van der Waals surface area (Å²) in [6.07, 6.45) is 8.92. The number of ether oxygens (including phenoxy) is 1. The van der Waals surface area contributed by atoms with Crippen LogP contribution in [-0.4, -0.2) is 69.7 Å².